The monoisotopic (exact) mass is 423 g/mol. The second-order valence-electron chi connectivity index (χ2n) is 6.18. The van der Waals surface area contributed by atoms with Crippen molar-refractivity contribution in [2.24, 2.45) is 0 Å². The molecule has 3 heterocycles. The van der Waals surface area contributed by atoms with E-state index in [1.165, 1.54) is 22.1 Å². The van der Waals surface area contributed by atoms with Crippen molar-refractivity contribution in [1.29, 1.82) is 0 Å². The lowest BCUT2D eigenvalue weighted by atomic mass is 10.3. The third kappa shape index (κ3) is 3.94. The zero-order valence-corrected chi connectivity index (χ0v) is 16.8. The van der Waals surface area contributed by atoms with Crippen LogP contribution in [0.1, 0.15) is 18.6 Å². The van der Waals surface area contributed by atoms with Gasteiger partial charge in [-0.1, -0.05) is 29.4 Å². The zero-order chi connectivity index (χ0) is 18.9. The van der Waals surface area contributed by atoms with Gasteiger partial charge >= 0.3 is 0 Å². The van der Waals surface area contributed by atoms with E-state index in [0.717, 1.165) is 23.7 Å². The number of furan rings is 1. The Balaban J connectivity index is 1.48. The van der Waals surface area contributed by atoms with E-state index < -0.39 is 10.0 Å². The lowest BCUT2D eigenvalue weighted by Gasteiger charge is -2.12. The quantitative estimate of drug-likeness (QED) is 0.556. The van der Waals surface area contributed by atoms with Crippen LogP contribution in [0.4, 0.5) is 0 Å². The van der Waals surface area contributed by atoms with Gasteiger partial charge in [-0.2, -0.15) is 4.31 Å². The van der Waals surface area contributed by atoms with Crippen LogP contribution in [0.25, 0.3) is 5.69 Å². The molecule has 0 unspecified atom stereocenters. The van der Waals surface area contributed by atoms with Gasteiger partial charge in [-0.15, -0.1) is 0 Å². The van der Waals surface area contributed by atoms with Gasteiger partial charge in [0.25, 0.3) is 10.0 Å². The van der Waals surface area contributed by atoms with Crippen molar-refractivity contribution in [1.82, 2.24) is 13.9 Å². The molecule has 0 atom stereocenters. The minimum atomic E-state index is -3.52. The topological polar surface area (TPSA) is 68.3 Å². The third-order valence-electron chi connectivity index (χ3n) is 4.33. The van der Waals surface area contributed by atoms with Crippen LogP contribution in [0, 0.1) is 0 Å². The summed E-state index contributed by atoms with van der Waals surface area (Å²) >= 11 is 7.54. The van der Waals surface area contributed by atoms with E-state index in [-0.39, 0.29) is 5.09 Å². The van der Waals surface area contributed by atoms with Gasteiger partial charge < -0.3 is 4.42 Å². The SMILES string of the molecule is O=S(=O)(c1ccc(CSc2nccn2-c2cccc(Cl)c2)o1)N1CCCC1. The summed E-state index contributed by atoms with van der Waals surface area (Å²) in [5.74, 6) is 1.08. The number of benzene rings is 1. The normalized spacial score (nSPS) is 15.4. The van der Waals surface area contributed by atoms with Crippen LogP contribution in [0.3, 0.4) is 0 Å². The molecule has 0 radical (unpaired) electrons. The van der Waals surface area contributed by atoms with Crippen molar-refractivity contribution < 1.29 is 12.8 Å². The molecule has 1 saturated heterocycles. The fraction of sp³-hybridized carbons (Fsp3) is 0.278. The summed E-state index contributed by atoms with van der Waals surface area (Å²) in [4.78, 5) is 4.37. The zero-order valence-electron chi connectivity index (χ0n) is 14.4. The minimum absolute atomic E-state index is 0.0122. The number of imidazole rings is 1. The molecule has 0 N–H and O–H groups in total. The Labute approximate surface area is 167 Å². The maximum absolute atomic E-state index is 12.5. The number of nitrogens with zero attached hydrogens (tertiary/aromatic N) is 3. The predicted molar refractivity (Wildman–Crippen MR) is 105 cm³/mol. The second kappa shape index (κ2) is 7.71. The van der Waals surface area contributed by atoms with Gasteiger partial charge in [0.15, 0.2) is 5.16 Å². The first kappa shape index (κ1) is 18.6. The summed E-state index contributed by atoms with van der Waals surface area (Å²) in [6.07, 6.45) is 5.37. The molecule has 1 aliphatic heterocycles. The molecule has 6 nitrogen and oxygen atoms in total. The highest BCUT2D eigenvalue weighted by Gasteiger charge is 2.29. The molecule has 0 saturated carbocycles. The van der Waals surface area contributed by atoms with Crippen LogP contribution in [0.5, 0.6) is 0 Å². The summed E-state index contributed by atoms with van der Waals surface area (Å²) in [7, 11) is -3.52. The Bertz CT molecular complexity index is 1040. The van der Waals surface area contributed by atoms with Crippen LogP contribution in [0.15, 0.2) is 63.5 Å². The molecule has 3 aromatic rings. The van der Waals surface area contributed by atoms with E-state index >= 15 is 0 Å². The van der Waals surface area contributed by atoms with E-state index in [9.17, 15) is 8.42 Å². The van der Waals surface area contributed by atoms with Crippen molar-refractivity contribution in [3.05, 3.63) is 59.6 Å². The highest BCUT2D eigenvalue weighted by molar-refractivity contribution is 7.98. The van der Waals surface area contributed by atoms with Gasteiger partial charge in [0.1, 0.15) is 5.76 Å². The number of hydrogen-bond acceptors (Lipinski definition) is 5. The Kier molecular flexibility index (Phi) is 5.32. The molecule has 0 spiro atoms. The first-order chi connectivity index (χ1) is 13.0. The van der Waals surface area contributed by atoms with Crippen molar-refractivity contribution in [2.45, 2.75) is 28.8 Å². The van der Waals surface area contributed by atoms with E-state index in [0.29, 0.717) is 29.6 Å². The molecule has 142 valence electrons. The standard InChI is InChI=1S/C18H18ClN3O3S2/c19-14-4-3-5-15(12-14)22-11-8-20-18(22)26-13-16-6-7-17(25-16)27(23,24)21-9-1-2-10-21/h3-8,11-12H,1-2,9-10,13H2. The molecule has 2 aromatic heterocycles. The molecule has 0 bridgehead atoms. The van der Waals surface area contributed by atoms with Crippen molar-refractivity contribution in [3.63, 3.8) is 0 Å². The lowest BCUT2D eigenvalue weighted by Crippen LogP contribution is -2.27. The Morgan fingerprint density at radius 1 is 1.19 bits per heavy atom. The second-order valence-corrected chi connectivity index (χ2v) is 9.43. The van der Waals surface area contributed by atoms with Crippen LogP contribution >= 0.6 is 23.4 Å². The highest BCUT2D eigenvalue weighted by atomic mass is 35.5. The number of hydrogen-bond donors (Lipinski definition) is 0. The summed E-state index contributed by atoms with van der Waals surface area (Å²) in [6, 6.07) is 10.8. The predicted octanol–water partition coefficient (Wildman–Crippen LogP) is 4.20. The van der Waals surface area contributed by atoms with Crippen LogP contribution in [-0.2, 0) is 15.8 Å². The minimum Gasteiger partial charge on any atom is -0.447 e. The molecule has 4 rings (SSSR count). The number of sulfonamides is 1. The highest BCUT2D eigenvalue weighted by Crippen LogP contribution is 2.28. The average molecular weight is 424 g/mol. The Morgan fingerprint density at radius 2 is 2.00 bits per heavy atom. The first-order valence-electron chi connectivity index (χ1n) is 8.55. The Hall–Kier alpha value is -1.74. The molecular weight excluding hydrogens is 406 g/mol. The van der Waals surface area contributed by atoms with Crippen LogP contribution < -0.4 is 0 Å². The molecule has 1 aliphatic rings. The summed E-state index contributed by atoms with van der Waals surface area (Å²) in [5.41, 5.74) is 0.916. The number of thioether (sulfide) groups is 1. The average Bonchev–Trinajstić information content (AvgIpc) is 3.41. The van der Waals surface area contributed by atoms with Gasteiger partial charge in [0.2, 0.25) is 5.09 Å². The Morgan fingerprint density at radius 3 is 2.78 bits per heavy atom. The van der Waals surface area contributed by atoms with Gasteiger partial charge in [0, 0.05) is 36.2 Å². The first-order valence-corrected chi connectivity index (χ1v) is 11.4. The smallest absolute Gasteiger partial charge is 0.276 e. The summed E-state index contributed by atoms with van der Waals surface area (Å²) in [5, 5.41) is 1.44. The number of aromatic nitrogens is 2. The van der Waals surface area contributed by atoms with E-state index in [1.54, 1.807) is 12.3 Å². The molecule has 27 heavy (non-hydrogen) atoms. The maximum Gasteiger partial charge on any atom is 0.276 e. The molecule has 1 fully saturated rings. The van der Waals surface area contributed by atoms with Gasteiger partial charge in [-0.05, 0) is 43.2 Å². The summed E-state index contributed by atoms with van der Waals surface area (Å²) in [6.45, 7) is 1.12. The summed E-state index contributed by atoms with van der Waals surface area (Å²) < 4.78 is 34.1. The largest absolute Gasteiger partial charge is 0.447 e. The van der Waals surface area contributed by atoms with Crippen molar-refractivity contribution >= 4 is 33.4 Å². The van der Waals surface area contributed by atoms with Crippen LogP contribution in [-0.4, -0.2) is 35.4 Å². The fourth-order valence-electron chi connectivity index (χ4n) is 2.98. The van der Waals surface area contributed by atoms with E-state index in [1.807, 2.05) is 35.0 Å². The maximum atomic E-state index is 12.5. The number of rotatable bonds is 6. The van der Waals surface area contributed by atoms with Gasteiger partial charge in [0.05, 0.1) is 5.75 Å². The molecular formula is C18H18ClN3O3S2. The van der Waals surface area contributed by atoms with E-state index in [2.05, 4.69) is 4.98 Å². The molecule has 9 heteroatoms. The molecule has 1 aromatic carbocycles. The molecule has 0 aliphatic carbocycles. The third-order valence-corrected chi connectivity index (χ3v) is 7.33. The number of halogens is 1. The van der Waals surface area contributed by atoms with Gasteiger partial charge in [-0.3, -0.25) is 4.57 Å². The van der Waals surface area contributed by atoms with Gasteiger partial charge in [-0.25, -0.2) is 13.4 Å². The van der Waals surface area contributed by atoms with Crippen LogP contribution in [0.2, 0.25) is 5.02 Å². The molecule has 0 amide bonds. The van der Waals surface area contributed by atoms with Crippen molar-refractivity contribution in [2.75, 3.05) is 13.1 Å². The van der Waals surface area contributed by atoms with E-state index in [4.69, 9.17) is 16.0 Å². The lowest BCUT2D eigenvalue weighted by molar-refractivity contribution is 0.397. The fourth-order valence-corrected chi connectivity index (χ4v) is 5.48. The van der Waals surface area contributed by atoms with Crippen molar-refractivity contribution in [3.8, 4) is 5.69 Å².